The first kappa shape index (κ1) is 17.2. The second-order valence-electron chi connectivity index (χ2n) is 5.99. The molecule has 1 aromatic heterocycles. The minimum absolute atomic E-state index is 0.0572. The molecule has 3 aromatic carbocycles. The Balaban J connectivity index is 1.84. The number of non-ortho nitro benzene ring substituents is 1. The van der Waals surface area contributed by atoms with E-state index in [1.165, 1.54) is 12.1 Å². The number of H-pyrrole nitrogens is 1. The van der Waals surface area contributed by atoms with E-state index in [0.717, 1.165) is 32.6 Å². The lowest BCUT2D eigenvalue weighted by atomic mass is 10.1. The average Bonchev–Trinajstić information content (AvgIpc) is 3.15. The summed E-state index contributed by atoms with van der Waals surface area (Å²) in [5, 5.41) is 10.9. The van der Waals surface area contributed by atoms with Gasteiger partial charge in [-0.05, 0) is 24.3 Å². The zero-order valence-corrected chi connectivity index (χ0v) is 15.7. The number of hydrogen-bond acceptors (Lipinski definition) is 3. The lowest BCUT2D eigenvalue weighted by molar-refractivity contribution is -0.384. The molecule has 0 amide bonds. The first-order valence-corrected chi connectivity index (χ1v) is 9.07. The molecule has 0 saturated heterocycles. The Morgan fingerprint density at radius 3 is 2.07 bits per heavy atom. The van der Waals surface area contributed by atoms with Crippen molar-refractivity contribution >= 4 is 21.6 Å². The van der Waals surface area contributed by atoms with E-state index in [1.807, 2.05) is 54.6 Å². The molecule has 1 heterocycles. The number of benzene rings is 3. The number of rotatable bonds is 4. The maximum absolute atomic E-state index is 10.9. The molecular formula is C21H14BrN3O2. The van der Waals surface area contributed by atoms with E-state index in [-0.39, 0.29) is 5.69 Å². The lowest BCUT2D eigenvalue weighted by Crippen LogP contribution is -1.87. The van der Waals surface area contributed by atoms with Crippen molar-refractivity contribution < 1.29 is 4.92 Å². The van der Waals surface area contributed by atoms with Gasteiger partial charge in [-0.25, -0.2) is 4.98 Å². The summed E-state index contributed by atoms with van der Waals surface area (Å²) < 4.78 is 1.00. The van der Waals surface area contributed by atoms with E-state index in [4.69, 9.17) is 4.98 Å². The van der Waals surface area contributed by atoms with Crippen molar-refractivity contribution in [2.75, 3.05) is 0 Å². The van der Waals surface area contributed by atoms with Gasteiger partial charge >= 0.3 is 0 Å². The maximum Gasteiger partial charge on any atom is 0.269 e. The van der Waals surface area contributed by atoms with Crippen LogP contribution in [0.5, 0.6) is 0 Å². The monoisotopic (exact) mass is 419 g/mol. The summed E-state index contributed by atoms with van der Waals surface area (Å²) in [6, 6.07) is 24.3. The molecule has 0 aliphatic carbocycles. The van der Waals surface area contributed by atoms with E-state index in [0.29, 0.717) is 5.82 Å². The van der Waals surface area contributed by atoms with Crippen molar-refractivity contribution in [3.05, 3.63) is 93.4 Å². The Labute approximate surface area is 164 Å². The van der Waals surface area contributed by atoms with Crippen LogP contribution in [-0.2, 0) is 0 Å². The van der Waals surface area contributed by atoms with Crippen LogP contribution in [0, 0.1) is 10.1 Å². The molecular weight excluding hydrogens is 406 g/mol. The van der Waals surface area contributed by atoms with Gasteiger partial charge in [0.05, 0.1) is 16.3 Å². The molecule has 27 heavy (non-hydrogen) atoms. The number of aromatic nitrogens is 2. The highest BCUT2D eigenvalue weighted by molar-refractivity contribution is 9.10. The van der Waals surface area contributed by atoms with Crippen LogP contribution in [-0.4, -0.2) is 14.9 Å². The van der Waals surface area contributed by atoms with E-state index in [2.05, 4.69) is 20.9 Å². The molecule has 0 radical (unpaired) electrons. The summed E-state index contributed by atoms with van der Waals surface area (Å²) in [6.07, 6.45) is 0. The second-order valence-corrected chi connectivity index (χ2v) is 6.90. The number of imidazole rings is 1. The smallest absolute Gasteiger partial charge is 0.269 e. The maximum atomic E-state index is 10.9. The Bertz CT molecular complexity index is 1090. The fourth-order valence-corrected chi connectivity index (χ4v) is 3.15. The van der Waals surface area contributed by atoms with Gasteiger partial charge < -0.3 is 4.98 Å². The first-order chi connectivity index (χ1) is 13.1. The number of halogens is 1. The summed E-state index contributed by atoms with van der Waals surface area (Å²) in [4.78, 5) is 18.6. The molecule has 1 N–H and O–H groups in total. The summed E-state index contributed by atoms with van der Waals surface area (Å²) in [6.45, 7) is 0. The third-order valence-corrected chi connectivity index (χ3v) is 4.76. The quantitative estimate of drug-likeness (QED) is 0.321. The second kappa shape index (κ2) is 7.17. The summed E-state index contributed by atoms with van der Waals surface area (Å²) in [5.74, 6) is 0.668. The van der Waals surface area contributed by atoms with Gasteiger partial charge in [0, 0.05) is 33.3 Å². The van der Waals surface area contributed by atoms with Crippen LogP contribution < -0.4 is 0 Å². The first-order valence-electron chi connectivity index (χ1n) is 8.28. The topological polar surface area (TPSA) is 71.8 Å². The van der Waals surface area contributed by atoms with E-state index >= 15 is 0 Å². The number of nitrogens with one attached hydrogen (secondary N) is 1. The van der Waals surface area contributed by atoms with Crippen LogP contribution in [0.1, 0.15) is 0 Å². The summed E-state index contributed by atoms with van der Waals surface area (Å²) in [5.41, 5.74) is 4.61. The number of aromatic amines is 1. The normalized spacial score (nSPS) is 10.7. The molecule has 4 rings (SSSR count). The summed E-state index contributed by atoms with van der Waals surface area (Å²) >= 11 is 3.46. The predicted molar refractivity (Wildman–Crippen MR) is 109 cm³/mol. The van der Waals surface area contributed by atoms with Gasteiger partial charge in [-0.3, -0.25) is 10.1 Å². The van der Waals surface area contributed by atoms with Gasteiger partial charge in [0.2, 0.25) is 0 Å². The van der Waals surface area contributed by atoms with Gasteiger partial charge in [0.1, 0.15) is 5.82 Å². The van der Waals surface area contributed by atoms with Gasteiger partial charge in [-0.1, -0.05) is 58.4 Å². The van der Waals surface area contributed by atoms with Crippen molar-refractivity contribution in [1.82, 2.24) is 9.97 Å². The van der Waals surface area contributed by atoms with Crippen molar-refractivity contribution in [3.8, 4) is 33.9 Å². The van der Waals surface area contributed by atoms with E-state index in [1.54, 1.807) is 12.1 Å². The van der Waals surface area contributed by atoms with Crippen LogP contribution >= 0.6 is 15.9 Å². The fourth-order valence-electron chi connectivity index (χ4n) is 2.88. The molecule has 0 aliphatic heterocycles. The van der Waals surface area contributed by atoms with Crippen LogP contribution in [0.15, 0.2) is 83.3 Å². The van der Waals surface area contributed by atoms with Crippen molar-refractivity contribution in [2.45, 2.75) is 0 Å². The van der Waals surface area contributed by atoms with Crippen LogP contribution in [0.4, 0.5) is 5.69 Å². The van der Waals surface area contributed by atoms with Gasteiger partial charge in [0.15, 0.2) is 0 Å². The highest BCUT2D eigenvalue weighted by Crippen LogP contribution is 2.33. The highest BCUT2D eigenvalue weighted by Gasteiger charge is 2.16. The zero-order chi connectivity index (χ0) is 18.8. The zero-order valence-electron chi connectivity index (χ0n) is 14.1. The predicted octanol–water partition coefficient (Wildman–Crippen LogP) is 6.08. The fraction of sp³-hybridized carbons (Fsp3) is 0. The Hall–Kier alpha value is -3.25. The molecule has 0 saturated carbocycles. The molecule has 0 atom stereocenters. The minimum Gasteiger partial charge on any atom is -0.337 e. The van der Waals surface area contributed by atoms with Crippen LogP contribution in [0.25, 0.3) is 33.9 Å². The molecule has 6 heteroatoms. The number of hydrogen-bond donors (Lipinski definition) is 1. The average molecular weight is 420 g/mol. The van der Waals surface area contributed by atoms with E-state index in [9.17, 15) is 10.1 Å². The highest BCUT2D eigenvalue weighted by atomic mass is 79.9. The Morgan fingerprint density at radius 2 is 1.44 bits per heavy atom. The van der Waals surface area contributed by atoms with Crippen molar-refractivity contribution in [3.63, 3.8) is 0 Å². The minimum atomic E-state index is -0.408. The third kappa shape index (κ3) is 3.52. The summed E-state index contributed by atoms with van der Waals surface area (Å²) in [7, 11) is 0. The van der Waals surface area contributed by atoms with Crippen molar-refractivity contribution in [1.29, 1.82) is 0 Å². The molecule has 0 unspecified atom stereocenters. The molecule has 0 aliphatic rings. The third-order valence-electron chi connectivity index (χ3n) is 4.24. The number of nitro benzene ring substituents is 1. The molecule has 0 fully saturated rings. The standard InChI is InChI=1S/C21H14BrN3O2/c22-17-10-6-15(7-11-17)20-19(14-4-2-1-3-5-14)23-21(24-20)16-8-12-18(13-9-16)25(26)27/h1-13H,(H,23,24). The molecule has 5 nitrogen and oxygen atoms in total. The molecule has 132 valence electrons. The largest absolute Gasteiger partial charge is 0.337 e. The van der Waals surface area contributed by atoms with Gasteiger partial charge in [0.25, 0.3) is 5.69 Å². The Kier molecular flexibility index (Phi) is 4.56. The number of nitro groups is 1. The van der Waals surface area contributed by atoms with Gasteiger partial charge in [-0.15, -0.1) is 0 Å². The van der Waals surface area contributed by atoms with Crippen LogP contribution in [0.3, 0.4) is 0 Å². The van der Waals surface area contributed by atoms with Crippen LogP contribution in [0.2, 0.25) is 0 Å². The molecule has 4 aromatic rings. The molecule has 0 bridgehead atoms. The SMILES string of the molecule is O=[N+]([O-])c1ccc(-c2nc(-c3ccccc3)c(-c3ccc(Br)cc3)[nH]2)cc1. The number of nitrogens with zero attached hydrogens (tertiary/aromatic N) is 2. The lowest BCUT2D eigenvalue weighted by Gasteiger charge is -2.03. The van der Waals surface area contributed by atoms with E-state index < -0.39 is 4.92 Å². The molecule has 0 spiro atoms. The van der Waals surface area contributed by atoms with Gasteiger partial charge in [-0.2, -0.15) is 0 Å². The van der Waals surface area contributed by atoms with Crippen molar-refractivity contribution in [2.24, 2.45) is 0 Å². The Morgan fingerprint density at radius 1 is 0.815 bits per heavy atom.